The summed E-state index contributed by atoms with van der Waals surface area (Å²) in [6, 6.07) is 13.0. The van der Waals surface area contributed by atoms with Crippen molar-refractivity contribution < 1.29 is 28.9 Å². The average molecular weight is 416 g/mol. The van der Waals surface area contributed by atoms with Crippen LogP contribution in [0.5, 0.6) is 11.5 Å². The van der Waals surface area contributed by atoms with E-state index in [1.807, 2.05) is 0 Å². The van der Waals surface area contributed by atoms with Gasteiger partial charge in [-0.15, -0.1) is 0 Å². The highest BCUT2D eigenvalue weighted by molar-refractivity contribution is 6.31. The number of ether oxygens (including phenoxy) is 3. The minimum absolute atomic E-state index is 0.192. The molecule has 0 aliphatic heterocycles. The predicted molar refractivity (Wildman–Crippen MR) is 107 cm³/mol. The molecule has 1 heterocycles. The number of benzene rings is 2. The Morgan fingerprint density at radius 3 is 2.55 bits per heavy atom. The van der Waals surface area contributed by atoms with E-state index in [1.54, 1.807) is 49.6 Å². The molecule has 1 N–H and O–H groups in total. The quantitative estimate of drug-likeness (QED) is 0.418. The van der Waals surface area contributed by atoms with E-state index in [4.69, 9.17) is 25.8 Å². The van der Waals surface area contributed by atoms with Crippen LogP contribution >= 0.6 is 11.6 Å². The number of fused-ring (bicyclic) bond motifs is 1. The summed E-state index contributed by atoms with van der Waals surface area (Å²) < 4.78 is 16.3. The van der Waals surface area contributed by atoms with Crippen LogP contribution in [0.1, 0.15) is 20.8 Å². The number of carbonyl (C=O) groups excluding carboxylic acids is 1. The molecule has 0 aliphatic carbocycles. The molecule has 8 heteroatoms. The maximum absolute atomic E-state index is 12.4. The summed E-state index contributed by atoms with van der Waals surface area (Å²) in [5.41, 5.74) is 0.515. The maximum atomic E-state index is 12.4. The van der Waals surface area contributed by atoms with E-state index in [0.29, 0.717) is 33.8 Å². The van der Waals surface area contributed by atoms with Crippen LogP contribution in [0.3, 0.4) is 0 Å². The molecule has 29 heavy (non-hydrogen) atoms. The number of carboxylic acids is 1. The van der Waals surface area contributed by atoms with Gasteiger partial charge in [-0.1, -0.05) is 29.8 Å². The molecule has 7 nitrogen and oxygen atoms in total. The molecule has 3 rings (SSSR count). The second kappa shape index (κ2) is 9.36. The van der Waals surface area contributed by atoms with Crippen molar-refractivity contribution in [3.05, 3.63) is 64.8 Å². The number of hydrogen-bond acceptors (Lipinski definition) is 6. The summed E-state index contributed by atoms with van der Waals surface area (Å²) in [4.78, 5) is 28.0. The zero-order valence-electron chi connectivity index (χ0n) is 15.6. The number of para-hydroxylation sites is 1. The minimum atomic E-state index is -1.20. The molecule has 0 spiro atoms. The van der Waals surface area contributed by atoms with Gasteiger partial charge in [-0.3, -0.25) is 4.79 Å². The topological polar surface area (TPSA) is 95.0 Å². The summed E-state index contributed by atoms with van der Waals surface area (Å²) in [7, 11) is 1.54. The van der Waals surface area contributed by atoms with Crippen molar-refractivity contribution in [1.82, 2.24) is 4.98 Å². The van der Waals surface area contributed by atoms with Crippen molar-refractivity contribution in [3.63, 3.8) is 0 Å². The van der Waals surface area contributed by atoms with E-state index in [9.17, 15) is 14.7 Å². The van der Waals surface area contributed by atoms with Gasteiger partial charge >= 0.3 is 5.97 Å². The number of Topliss-reactive ketones (excluding diaryl/α,β-unsaturated/α-hetero) is 1. The summed E-state index contributed by atoms with van der Waals surface area (Å²) in [5.74, 6) is -0.850. The van der Waals surface area contributed by atoms with Crippen molar-refractivity contribution >= 4 is 34.3 Å². The largest absolute Gasteiger partial charge is 0.490 e. The molecule has 0 saturated heterocycles. The van der Waals surface area contributed by atoms with Crippen LogP contribution in [0.4, 0.5) is 0 Å². The van der Waals surface area contributed by atoms with Gasteiger partial charge in [0.25, 0.3) is 0 Å². The summed E-state index contributed by atoms with van der Waals surface area (Å²) >= 11 is 5.92. The molecule has 2 aromatic carbocycles. The number of rotatable bonds is 9. The fourth-order valence-electron chi connectivity index (χ4n) is 2.66. The molecular weight excluding hydrogens is 398 g/mol. The normalized spacial score (nSPS) is 10.7. The van der Waals surface area contributed by atoms with Crippen molar-refractivity contribution in [3.8, 4) is 11.5 Å². The van der Waals surface area contributed by atoms with Crippen LogP contribution in [0.25, 0.3) is 10.9 Å². The molecule has 3 aromatic rings. The summed E-state index contributed by atoms with van der Waals surface area (Å²) in [6.07, 6.45) is 0. The van der Waals surface area contributed by atoms with Crippen LogP contribution in [-0.2, 0) is 4.74 Å². The highest BCUT2D eigenvalue weighted by Crippen LogP contribution is 2.32. The molecule has 0 atom stereocenters. The SMILES string of the molecule is COCCOc1cc(C(=O)O)nc2c(OCC(=O)c3cccc(Cl)c3)cccc12. The zero-order chi connectivity index (χ0) is 20.8. The monoisotopic (exact) mass is 415 g/mol. The fourth-order valence-corrected chi connectivity index (χ4v) is 2.85. The third-order valence-corrected chi connectivity index (χ3v) is 4.27. The number of carbonyl (C=O) groups is 2. The smallest absolute Gasteiger partial charge is 0.354 e. The first-order chi connectivity index (χ1) is 14.0. The zero-order valence-corrected chi connectivity index (χ0v) is 16.3. The third-order valence-electron chi connectivity index (χ3n) is 4.03. The molecule has 0 amide bonds. The Labute approximate surface area is 171 Å². The van der Waals surface area contributed by atoms with Crippen LogP contribution in [0.2, 0.25) is 5.02 Å². The number of hydrogen-bond donors (Lipinski definition) is 1. The molecule has 0 fully saturated rings. The Kier molecular flexibility index (Phi) is 6.64. The Morgan fingerprint density at radius 2 is 1.83 bits per heavy atom. The molecule has 0 radical (unpaired) electrons. The molecule has 0 unspecified atom stereocenters. The molecular formula is C21H18ClNO6. The second-order valence-corrected chi connectivity index (χ2v) is 6.46. The van der Waals surface area contributed by atoms with Gasteiger partial charge in [0, 0.05) is 29.1 Å². The third kappa shape index (κ3) is 5.01. The van der Waals surface area contributed by atoms with Crippen LogP contribution in [0.15, 0.2) is 48.5 Å². The van der Waals surface area contributed by atoms with Crippen molar-refractivity contribution in [2.75, 3.05) is 26.9 Å². The van der Waals surface area contributed by atoms with Crippen LogP contribution in [0, 0.1) is 0 Å². The summed E-state index contributed by atoms with van der Waals surface area (Å²) in [5, 5.41) is 10.4. The van der Waals surface area contributed by atoms with E-state index in [-0.39, 0.29) is 30.4 Å². The number of nitrogens with zero attached hydrogens (tertiary/aromatic N) is 1. The van der Waals surface area contributed by atoms with Crippen molar-refractivity contribution in [1.29, 1.82) is 0 Å². The maximum Gasteiger partial charge on any atom is 0.354 e. The number of pyridine rings is 1. The van der Waals surface area contributed by atoms with Gasteiger partial charge in [0.15, 0.2) is 18.1 Å². The van der Waals surface area contributed by atoms with Gasteiger partial charge in [-0.05, 0) is 24.3 Å². The van der Waals surface area contributed by atoms with Crippen molar-refractivity contribution in [2.45, 2.75) is 0 Å². The number of carboxylic acid groups (broad SMARTS) is 1. The van der Waals surface area contributed by atoms with E-state index in [2.05, 4.69) is 4.98 Å². The average Bonchev–Trinajstić information content (AvgIpc) is 2.71. The lowest BCUT2D eigenvalue weighted by Crippen LogP contribution is -2.12. The number of aromatic nitrogens is 1. The van der Waals surface area contributed by atoms with E-state index in [1.165, 1.54) is 6.07 Å². The molecule has 150 valence electrons. The number of aromatic carboxylic acids is 1. The standard InChI is InChI=1S/C21H18ClNO6/c1-27-8-9-28-19-11-16(21(25)26)23-20-15(19)6-3-7-18(20)29-12-17(24)13-4-2-5-14(22)10-13/h2-7,10-11H,8-9,12H2,1H3,(H,25,26). The lowest BCUT2D eigenvalue weighted by molar-refractivity contribution is 0.0689. The number of halogens is 1. The van der Waals surface area contributed by atoms with Crippen LogP contribution < -0.4 is 9.47 Å². The lowest BCUT2D eigenvalue weighted by Gasteiger charge is -2.13. The van der Waals surface area contributed by atoms with Gasteiger partial charge in [0.05, 0.1) is 6.61 Å². The number of ketones is 1. The first kappa shape index (κ1) is 20.6. The Bertz CT molecular complexity index is 1050. The highest BCUT2D eigenvalue weighted by Gasteiger charge is 2.16. The van der Waals surface area contributed by atoms with Gasteiger partial charge in [0.1, 0.15) is 23.6 Å². The lowest BCUT2D eigenvalue weighted by atomic mass is 10.1. The molecule has 0 aliphatic rings. The fraction of sp³-hybridized carbons (Fsp3) is 0.190. The van der Waals surface area contributed by atoms with Gasteiger partial charge in [-0.2, -0.15) is 0 Å². The van der Waals surface area contributed by atoms with Gasteiger partial charge < -0.3 is 19.3 Å². The molecule has 1 aromatic heterocycles. The Morgan fingerprint density at radius 1 is 1.03 bits per heavy atom. The minimum Gasteiger partial charge on any atom is -0.490 e. The predicted octanol–water partition coefficient (Wildman–Crippen LogP) is 3.87. The highest BCUT2D eigenvalue weighted by atomic mass is 35.5. The van der Waals surface area contributed by atoms with Crippen molar-refractivity contribution in [2.24, 2.45) is 0 Å². The molecule has 0 saturated carbocycles. The number of methoxy groups -OCH3 is 1. The first-order valence-electron chi connectivity index (χ1n) is 8.70. The first-order valence-corrected chi connectivity index (χ1v) is 9.07. The second-order valence-electron chi connectivity index (χ2n) is 6.03. The van der Waals surface area contributed by atoms with E-state index < -0.39 is 5.97 Å². The van der Waals surface area contributed by atoms with Gasteiger partial charge in [0.2, 0.25) is 0 Å². The Hall–Kier alpha value is -3.16. The Balaban J connectivity index is 1.91. The van der Waals surface area contributed by atoms with Crippen LogP contribution in [-0.4, -0.2) is 48.8 Å². The summed E-state index contributed by atoms with van der Waals surface area (Å²) in [6.45, 7) is 0.335. The molecule has 0 bridgehead atoms. The van der Waals surface area contributed by atoms with Gasteiger partial charge in [-0.25, -0.2) is 9.78 Å². The van der Waals surface area contributed by atoms with E-state index in [0.717, 1.165) is 0 Å². The van der Waals surface area contributed by atoms with E-state index >= 15 is 0 Å².